The first-order chi connectivity index (χ1) is 14.2. The lowest BCUT2D eigenvalue weighted by Gasteiger charge is -2.32. The second-order valence-electron chi connectivity index (χ2n) is 7.03. The molecule has 2 aromatic carbocycles. The highest BCUT2D eigenvalue weighted by Crippen LogP contribution is 2.30. The van der Waals surface area contributed by atoms with Crippen LogP contribution in [0.25, 0.3) is 11.0 Å². The van der Waals surface area contributed by atoms with Crippen molar-refractivity contribution in [1.82, 2.24) is 9.97 Å². The van der Waals surface area contributed by atoms with Gasteiger partial charge in [-0.05, 0) is 37.1 Å². The zero-order valence-electron chi connectivity index (χ0n) is 16.6. The molecule has 1 saturated heterocycles. The average Bonchev–Trinajstić information content (AvgIpc) is 2.78. The highest BCUT2D eigenvalue weighted by atomic mass is 16.5. The lowest BCUT2D eigenvalue weighted by atomic mass is 9.96. The number of rotatable bonds is 5. The highest BCUT2D eigenvalue weighted by Gasteiger charge is 2.27. The Hall–Kier alpha value is -3.35. The lowest BCUT2D eigenvalue weighted by molar-refractivity contribution is -0.120. The number of fused-ring (bicyclic) bond motifs is 1. The molecule has 0 radical (unpaired) electrons. The number of piperidine rings is 1. The van der Waals surface area contributed by atoms with Crippen molar-refractivity contribution in [2.75, 3.05) is 37.5 Å². The number of aromatic nitrogens is 2. The minimum atomic E-state index is -0.0446. The van der Waals surface area contributed by atoms with Crippen LogP contribution in [0.5, 0.6) is 11.6 Å². The topological polar surface area (TPSA) is 76.6 Å². The Bertz CT molecular complexity index is 1020. The molecule has 4 rings (SSSR count). The van der Waals surface area contributed by atoms with Gasteiger partial charge in [-0.15, -0.1) is 0 Å². The number of hydrogen-bond donors (Lipinski definition) is 1. The van der Waals surface area contributed by atoms with Crippen molar-refractivity contribution in [3.8, 4) is 11.6 Å². The standard InChI is InChI=1S/C22H24N4O3/c1-28-17-7-5-6-16(14-17)23-21(27)15-10-12-26(13-11-15)20-22(29-2)25-19-9-4-3-8-18(19)24-20/h3-9,14-15H,10-13H2,1-2H3,(H,23,27). The van der Waals surface area contributed by atoms with E-state index in [0.717, 1.165) is 54.2 Å². The number of nitrogens with zero attached hydrogens (tertiary/aromatic N) is 3. The summed E-state index contributed by atoms with van der Waals surface area (Å²) in [7, 11) is 3.22. The van der Waals surface area contributed by atoms with Crippen LogP contribution in [-0.2, 0) is 4.79 Å². The molecule has 0 aliphatic carbocycles. The van der Waals surface area contributed by atoms with Crippen LogP contribution in [0, 0.1) is 5.92 Å². The molecule has 29 heavy (non-hydrogen) atoms. The summed E-state index contributed by atoms with van der Waals surface area (Å²) in [6.45, 7) is 1.44. The van der Waals surface area contributed by atoms with Gasteiger partial charge in [-0.25, -0.2) is 9.97 Å². The van der Waals surface area contributed by atoms with E-state index in [0.29, 0.717) is 5.88 Å². The number of nitrogens with one attached hydrogen (secondary N) is 1. The molecule has 0 spiro atoms. The average molecular weight is 392 g/mol. The monoisotopic (exact) mass is 392 g/mol. The van der Waals surface area contributed by atoms with Crippen LogP contribution in [0.2, 0.25) is 0 Å². The van der Waals surface area contributed by atoms with Gasteiger partial charge in [0.1, 0.15) is 5.75 Å². The van der Waals surface area contributed by atoms with Crippen LogP contribution in [-0.4, -0.2) is 43.2 Å². The van der Waals surface area contributed by atoms with Gasteiger partial charge in [-0.2, -0.15) is 0 Å². The number of benzene rings is 2. The minimum absolute atomic E-state index is 0.0365. The molecule has 0 atom stereocenters. The zero-order valence-corrected chi connectivity index (χ0v) is 16.6. The van der Waals surface area contributed by atoms with E-state index in [2.05, 4.69) is 15.2 Å². The summed E-state index contributed by atoms with van der Waals surface area (Å²) in [4.78, 5) is 24.2. The van der Waals surface area contributed by atoms with Gasteiger partial charge in [0.2, 0.25) is 5.91 Å². The Kier molecular flexibility index (Phi) is 5.46. The lowest BCUT2D eigenvalue weighted by Crippen LogP contribution is -2.38. The second-order valence-corrected chi connectivity index (χ2v) is 7.03. The number of anilines is 2. The fraction of sp³-hybridized carbons (Fsp3) is 0.318. The quantitative estimate of drug-likeness (QED) is 0.716. The van der Waals surface area contributed by atoms with E-state index in [9.17, 15) is 4.79 Å². The first-order valence-electron chi connectivity index (χ1n) is 9.68. The van der Waals surface area contributed by atoms with Crippen LogP contribution < -0.4 is 19.7 Å². The van der Waals surface area contributed by atoms with Crippen LogP contribution in [0.3, 0.4) is 0 Å². The van der Waals surface area contributed by atoms with Gasteiger partial charge in [0, 0.05) is 30.8 Å². The molecule has 150 valence electrons. The van der Waals surface area contributed by atoms with Crippen molar-refractivity contribution < 1.29 is 14.3 Å². The summed E-state index contributed by atoms with van der Waals surface area (Å²) in [5.74, 6) is 1.96. The predicted octanol–water partition coefficient (Wildman–Crippen LogP) is 3.50. The van der Waals surface area contributed by atoms with Crippen LogP contribution in [0.15, 0.2) is 48.5 Å². The predicted molar refractivity (Wildman–Crippen MR) is 113 cm³/mol. The van der Waals surface area contributed by atoms with Crippen LogP contribution in [0.1, 0.15) is 12.8 Å². The van der Waals surface area contributed by atoms with E-state index in [1.165, 1.54) is 0 Å². The Morgan fingerprint density at radius 1 is 1.00 bits per heavy atom. The van der Waals surface area contributed by atoms with Crippen LogP contribution in [0.4, 0.5) is 11.5 Å². The molecule has 0 bridgehead atoms. The maximum atomic E-state index is 12.7. The third-order valence-corrected chi connectivity index (χ3v) is 5.22. The maximum Gasteiger partial charge on any atom is 0.257 e. The summed E-state index contributed by atoms with van der Waals surface area (Å²) in [5.41, 5.74) is 2.39. The van der Waals surface area contributed by atoms with Crippen molar-refractivity contribution in [2.24, 2.45) is 5.92 Å². The smallest absolute Gasteiger partial charge is 0.257 e. The molecule has 1 fully saturated rings. The molecule has 1 aromatic heterocycles. The van der Waals surface area contributed by atoms with Gasteiger partial charge in [0.25, 0.3) is 5.88 Å². The molecule has 0 unspecified atom stereocenters. The number of methoxy groups -OCH3 is 2. The Morgan fingerprint density at radius 3 is 2.41 bits per heavy atom. The van der Waals surface area contributed by atoms with Crippen LogP contribution >= 0.6 is 0 Å². The van der Waals surface area contributed by atoms with Crippen molar-refractivity contribution in [3.05, 3.63) is 48.5 Å². The number of para-hydroxylation sites is 2. The van der Waals surface area contributed by atoms with Gasteiger partial charge in [-0.3, -0.25) is 4.79 Å². The number of ether oxygens (including phenoxy) is 2. The SMILES string of the molecule is COc1cccc(NC(=O)C2CCN(c3nc4ccccc4nc3OC)CC2)c1. The number of amides is 1. The molecule has 2 heterocycles. The molecule has 1 N–H and O–H groups in total. The highest BCUT2D eigenvalue weighted by molar-refractivity contribution is 5.93. The summed E-state index contributed by atoms with van der Waals surface area (Å²) >= 11 is 0. The molecular formula is C22H24N4O3. The van der Waals surface area contributed by atoms with Gasteiger partial charge in [0.15, 0.2) is 5.82 Å². The zero-order chi connectivity index (χ0) is 20.2. The van der Waals surface area contributed by atoms with E-state index < -0.39 is 0 Å². The third-order valence-electron chi connectivity index (χ3n) is 5.22. The fourth-order valence-electron chi connectivity index (χ4n) is 3.62. The first kappa shape index (κ1) is 19.0. The van der Waals surface area contributed by atoms with E-state index in [1.54, 1.807) is 14.2 Å². The van der Waals surface area contributed by atoms with E-state index >= 15 is 0 Å². The van der Waals surface area contributed by atoms with E-state index in [-0.39, 0.29) is 11.8 Å². The largest absolute Gasteiger partial charge is 0.497 e. The van der Waals surface area contributed by atoms with Gasteiger partial charge >= 0.3 is 0 Å². The van der Waals surface area contributed by atoms with E-state index in [4.69, 9.17) is 14.5 Å². The molecule has 1 aliphatic rings. The Labute approximate surface area is 169 Å². The van der Waals surface area contributed by atoms with Crippen molar-refractivity contribution in [2.45, 2.75) is 12.8 Å². The van der Waals surface area contributed by atoms with E-state index in [1.807, 2.05) is 48.5 Å². The first-order valence-corrected chi connectivity index (χ1v) is 9.68. The molecule has 0 saturated carbocycles. The number of hydrogen-bond acceptors (Lipinski definition) is 6. The summed E-state index contributed by atoms with van der Waals surface area (Å²) in [5, 5.41) is 3.00. The summed E-state index contributed by atoms with van der Waals surface area (Å²) in [6.07, 6.45) is 1.49. The number of carbonyl (C=O) groups excluding carboxylic acids is 1. The van der Waals surface area contributed by atoms with Crippen molar-refractivity contribution in [3.63, 3.8) is 0 Å². The Balaban J connectivity index is 1.44. The fourth-order valence-corrected chi connectivity index (χ4v) is 3.62. The van der Waals surface area contributed by atoms with Gasteiger partial charge in [0.05, 0.1) is 25.3 Å². The Morgan fingerprint density at radius 2 is 1.72 bits per heavy atom. The molecular weight excluding hydrogens is 368 g/mol. The normalized spacial score (nSPS) is 14.6. The summed E-state index contributed by atoms with van der Waals surface area (Å²) in [6, 6.07) is 15.1. The second kappa shape index (κ2) is 8.34. The molecule has 1 aliphatic heterocycles. The van der Waals surface area contributed by atoms with Crippen molar-refractivity contribution in [1.29, 1.82) is 0 Å². The minimum Gasteiger partial charge on any atom is -0.497 e. The molecule has 7 nitrogen and oxygen atoms in total. The molecule has 3 aromatic rings. The number of carbonyl (C=O) groups is 1. The maximum absolute atomic E-state index is 12.7. The van der Waals surface area contributed by atoms with Crippen molar-refractivity contribution >= 4 is 28.4 Å². The molecule has 7 heteroatoms. The van der Waals surface area contributed by atoms with Gasteiger partial charge in [-0.1, -0.05) is 18.2 Å². The third kappa shape index (κ3) is 4.08. The molecule has 1 amide bonds. The summed E-state index contributed by atoms with van der Waals surface area (Å²) < 4.78 is 10.7. The van der Waals surface area contributed by atoms with Gasteiger partial charge < -0.3 is 19.7 Å².